The summed E-state index contributed by atoms with van der Waals surface area (Å²) in [5, 5.41) is 9.48. The summed E-state index contributed by atoms with van der Waals surface area (Å²) in [5.41, 5.74) is 0.337. The zero-order valence-electron chi connectivity index (χ0n) is 9.74. The minimum Gasteiger partial charge on any atom is -0.361 e. The van der Waals surface area contributed by atoms with E-state index in [2.05, 4.69) is 22.7 Å². The van der Waals surface area contributed by atoms with Crippen molar-refractivity contribution in [2.24, 2.45) is 5.92 Å². The number of nitrogens with one attached hydrogen (secondary N) is 2. The number of carbonyl (C=O) groups is 1. The first kappa shape index (κ1) is 14.9. The van der Waals surface area contributed by atoms with Gasteiger partial charge in [-0.05, 0) is 26.4 Å². The van der Waals surface area contributed by atoms with Gasteiger partial charge in [-0.15, -0.1) is 12.4 Å². The Labute approximate surface area is 101 Å². The molecule has 0 saturated heterocycles. The van der Waals surface area contributed by atoms with Gasteiger partial charge in [-0.3, -0.25) is 4.79 Å². The molecule has 0 aromatic carbocycles. The Bertz CT molecular complexity index is 328. The molecule has 1 atom stereocenters. The quantitative estimate of drug-likeness (QED) is 0.814. The fraction of sp³-hybridized carbons (Fsp3) is 0.600. The van der Waals surface area contributed by atoms with Crippen LogP contribution in [0.25, 0.3) is 0 Å². The number of aryl methyl sites for hydroxylation is 1. The third-order valence-corrected chi connectivity index (χ3v) is 2.02. The number of carbonyl (C=O) groups excluding carboxylic acids is 1. The molecule has 1 rings (SSSR count). The molecule has 0 bridgehead atoms. The predicted octanol–water partition coefficient (Wildman–Crippen LogP) is 0.990. The zero-order valence-corrected chi connectivity index (χ0v) is 10.6. The van der Waals surface area contributed by atoms with E-state index in [1.165, 1.54) is 0 Å². The summed E-state index contributed by atoms with van der Waals surface area (Å²) >= 11 is 0. The summed E-state index contributed by atoms with van der Waals surface area (Å²) in [7, 11) is 1.89. The van der Waals surface area contributed by atoms with Crippen molar-refractivity contribution in [2.45, 2.75) is 13.8 Å². The lowest BCUT2D eigenvalue weighted by Gasteiger charge is -2.10. The monoisotopic (exact) mass is 247 g/mol. The van der Waals surface area contributed by atoms with E-state index in [-0.39, 0.29) is 18.3 Å². The Morgan fingerprint density at radius 2 is 2.25 bits per heavy atom. The molecule has 1 unspecified atom stereocenters. The second-order valence-corrected chi connectivity index (χ2v) is 3.70. The van der Waals surface area contributed by atoms with Crippen LogP contribution in [0, 0.1) is 12.8 Å². The normalized spacial score (nSPS) is 11.7. The number of aromatic nitrogens is 1. The summed E-state index contributed by atoms with van der Waals surface area (Å²) < 4.78 is 4.82. The third kappa shape index (κ3) is 4.63. The van der Waals surface area contributed by atoms with Crippen LogP contribution < -0.4 is 10.6 Å². The largest absolute Gasteiger partial charge is 0.361 e. The molecule has 1 amide bonds. The fourth-order valence-electron chi connectivity index (χ4n) is 1.25. The summed E-state index contributed by atoms with van der Waals surface area (Å²) in [5.74, 6) is 0.852. The Hall–Kier alpha value is -1.07. The average Bonchev–Trinajstić information content (AvgIpc) is 2.62. The molecule has 2 N–H and O–H groups in total. The number of nitrogens with zero attached hydrogens (tertiary/aromatic N) is 1. The molecule has 0 fully saturated rings. The van der Waals surface area contributed by atoms with Gasteiger partial charge in [0.2, 0.25) is 0 Å². The van der Waals surface area contributed by atoms with E-state index >= 15 is 0 Å². The summed E-state index contributed by atoms with van der Waals surface area (Å²) in [6.45, 7) is 5.32. The minimum absolute atomic E-state index is 0. The second kappa shape index (κ2) is 7.24. The Balaban J connectivity index is 0.00000225. The number of amides is 1. The van der Waals surface area contributed by atoms with Gasteiger partial charge in [-0.25, -0.2) is 0 Å². The fourth-order valence-corrected chi connectivity index (χ4v) is 1.25. The van der Waals surface area contributed by atoms with Gasteiger partial charge in [0.05, 0.1) is 0 Å². The lowest BCUT2D eigenvalue weighted by molar-refractivity contribution is 0.0939. The molecular weight excluding hydrogens is 230 g/mol. The molecule has 0 radical (unpaired) electrons. The number of halogens is 1. The number of hydrogen-bond acceptors (Lipinski definition) is 4. The highest BCUT2D eigenvalue weighted by Gasteiger charge is 2.11. The minimum atomic E-state index is -0.185. The zero-order chi connectivity index (χ0) is 11.3. The van der Waals surface area contributed by atoms with Crippen LogP contribution in [0.1, 0.15) is 23.2 Å². The molecule has 1 aromatic heterocycles. The number of rotatable bonds is 5. The van der Waals surface area contributed by atoms with Crippen molar-refractivity contribution in [1.82, 2.24) is 15.8 Å². The molecule has 1 aromatic rings. The lowest BCUT2D eigenvalue weighted by atomic mass is 10.2. The molecule has 0 spiro atoms. The van der Waals surface area contributed by atoms with Crippen LogP contribution in [0.3, 0.4) is 0 Å². The molecular formula is C10H18ClN3O2. The molecule has 0 aliphatic heterocycles. The molecule has 6 heteroatoms. The van der Waals surface area contributed by atoms with Crippen molar-refractivity contribution in [3.8, 4) is 0 Å². The summed E-state index contributed by atoms with van der Waals surface area (Å²) in [6.07, 6.45) is 0. The Morgan fingerprint density at radius 3 is 2.75 bits per heavy atom. The van der Waals surface area contributed by atoms with Crippen LogP contribution in [0.2, 0.25) is 0 Å². The highest BCUT2D eigenvalue weighted by molar-refractivity contribution is 5.92. The Morgan fingerprint density at radius 1 is 1.56 bits per heavy atom. The van der Waals surface area contributed by atoms with Crippen molar-refractivity contribution in [2.75, 3.05) is 20.1 Å². The second-order valence-electron chi connectivity index (χ2n) is 3.70. The van der Waals surface area contributed by atoms with Crippen LogP contribution >= 0.6 is 12.4 Å². The first-order valence-corrected chi connectivity index (χ1v) is 4.99. The van der Waals surface area contributed by atoms with Crippen molar-refractivity contribution < 1.29 is 9.32 Å². The van der Waals surface area contributed by atoms with Gasteiger partial charge in [-0.1, -0.05) is 12.1 Å². The van der Waals surface area contributed by atoms with Gasteiger partial charge in [0.1, 0.15) is 5.76 Å². The molecule has 16 heavy (non-hydrogen) atoms. The molecule has 1 heterocycles. The van der Waals surface area contributed by atoms with Crippen LogP contribution in [0.4, 0.5) is 0 Å². The summed E-state index contributed by atoms with van der Waals surface area (Å²) in [4.78, 5) is 11.5. The van der Waals surface area contributed by atoms with E-state index in [4.69, 9.17) is 4.52 Å². The maximum atomic E-state index is 11.5. The topological polar surface area (TPSA) is 67.2 Å². The molecule has 0 aliphatic carbocycles. The smallest absolute Gasteiger partial charge is 0.273 e. The Kier molecular flexibility index (Phi) is 6.76. The standard InChI is InChI=1S/C10H17N3O2.ClH/c1-7(5-11-3)6-12-10(14)9-4-8(2)15-13-9;/h4,7,11H,5-6H2,1-3H3,(H,12,14);1H. The van der Waals surface area contributed by atoms with Gasteiger partial charge in [0, 0.05) is 12.6 Å². The average molecular weight is 248 g/mol. The van der Waals surface area contributed by atoms with Crippen molar-refractivity contribution >= 4 is 18.3 Å². The van der Waals surface area contributed by atoms with E-state index in [1.807, 2.05) is 7.05 Å². The van der Waals surface area contributed by atoms with Crippen LogP contribution in [0.15, 0.2) is 10.6 Å². The summed E-state index contributed by atoms with van der Waals surface area (Å²) in [6, 6.07) is 1.62. The highest BCUT2D eigenvalue weighted by atomic mass is 35.5. The first-order chi connectivity index (χ1) is 7.13. The van der Waals surface area contributed by atoms with Crippen LogP contribution in [-0.2, 0) is 0 Å². The van der Waals surface area contributed by atoms with Crippen molar-refractivity contribution in [3.05, 3.63) is 17.5 Å². The molecule has 0 aliphatic rings. The van der Waals surface area contributed by atoms with E-state index in [1.54, 1.807) is 13.0 Å². The van der Waals surface area contributed by atoms with Crippen LogP contribution in [-0.4, -0.2) is 31.2 Å². The lowest BCUT2D eigenvalue weighted by Crippen LogP contribution is -2.32. The molecule has 5 nitrogen and oxygen atoms in total. The maximum absolute atomic E-state index is 11.5. The van der Waals surface area contributed by atoms with Gasteiger partial charge < -0.3 is 15.2 Å². The SMILES string of the molecule is CNCC(C)CNC(=O)c1cc(C)on1.Cl. The number of hydrogen-bond donors (Lipinski definition) is 2. The van der Waals surface area contributed by atoms with Gasteiger partial charge in [0.25, 0.3) is 5.91 Å². The van der Waals surface area contributed by atoms with E-state index in [0.717, 1.165) is 6.54 Å². The van der Waals surface area contributed by atoms with Crippen LogP contribution in [0.5, 0.6) is 0 Å². The van der Waals surface area contributed by atoms with Gasteiger partial charge >= 0.3 is 0 Å². The molecule has 0 saturated carbocycles. The van der Waals surface area contributed by atoms with E-state index in [0.29, 0.717) is 23.9 Å². The molecule has 92 valence electrons. The third-order valence-electron chi connectivity index (χ3n) is 2.02. The van der Waals surface area contributed by atoms with Crippen molar-refractivity contribution in [3.63, 3.8) is 0 Å². The van der Waals surface area contributed by atoms with Gasteiger partial charge in [0.15, 0.2) is 5.69 Å². The van der Waals surface area contributed by atoms with E-state index in [9.17, 15) is 4.79 Å². The highest BCUT2D eigenvalue weighted by Crippen LogP contribution is 2.01. The first-order valence-electron chi connectivity index (χ1n) is 4.99. The predicted molar refractivity (Wildman–Crippen MR) is 63.9 cm³/mol. The van der Waals surface area contributed by atoms with Crippen molar-refractivity contribution in [1.29, 1.82) is 0 Å². The maximum Gasteiger partial charge on any atom is 0.273 e. The van der Waals surface area contributed by atoms with Gasteiger partial charge in [-0.2, -0.15) is 0 Å². The van der Waals surface area contributed by atoms with E-state index < -0.39 is 0 Å².